The fraction of sp³-hybridized carbons (Fsp3) is 0.818. The second-order valence-electron chi connectivity index (χ2n) is 4.56. The van der Waals surface area contributed by atoms with E-state index in [1.54, 1.807) is 21.0 Å². The highest BCUT2D eigenvalue weighted by Crippen LogP contribution is 2.22. The summed E-state index contributed by atoms with van der Waals surface area (Å²) in [5, 5.41) is 14.2. The number of carbonyl (C=O) groups is 2. The molecular formula is C11H20N2O4. The lowest BCUT2D eigenvalue weighted by Crippen LogP contribution is -2.53. The molecule has 0 aromatic carbocycles. The highest BCUT2D eigenvalue weighted by Gasteiger charge is 2.30. The molecule has 1 aliphatic carbocycles. The van der Waals surface area contributed by atoms with Gasteiger partial charge in [0, 0.05) is 19.2 Å². The number of aliphatic carboxylic acids is 1. The maximum absolute atomic E-state index is 11.5. The minimum atomic E-state index is -0.916. The molecule has 0 radical (unpaired) electrons. The van der Waals surface area contributed by atoms with Crippen LogP contribution >= 0.6 is 0 Å². The van der Waals surface area contributed by atoms with Crippen LogP contribution in [0, 0.1) is 5.92 Å². The topological polar surface area (TPSA) is 87.7 Å². The monoisotopic (exact) mass is 244 g/mol. The van der Waals surface area contributed by atoms with Gasteiger partial charge in [0.05, 0.1) is 12.0 Å². The standard InChI is InChI=1S/C11H20N2O4/c1-6(10(14)15)7(2)12-11(16)13-8-4-9(5-8)17-3/h6-9H,4-5H2,1-3H3,(H,14,15)(H2,12,13,16). The summed E-state index contributed by atoms with van der Waals surface area (Å²) < 4.78 is 5.10. The van der Waals surface area contributed by atoms with Crippen LogP contribution in [0.5, 0.6) is 0 Å². The van der Waals surface area contributed by atoms with Gasteiger partial charge >= 0.3 is 12.0 Å². The normalized spacial score (nSPS) is 26.5. The number of amides is 2. The Hall–Kier alpha value is -1.30. The Morgan fingerprint density at radius 1 is 1.35 bits per heavy atom. The number of methoxy groups -OCH3 is 1. The number of carboxylic acid groups (broad SMARTS) is 1. The van der Waals surface area contributed by atoms with Crippen LogP contribution in [0.3, 0.4) is 0 Å². The summed E-state index contributed by atoms with van der Waals surface area (Å²) in [4.78, 5) is 22.2. The Labute approximate surface area is 101 Å². The lowest BCUT2D eigenvalue weighted by Gasteiger charge is -2.34. The molecule has 6 nitrogen and oxygen atoms in total. The zero-order chi connectivity index (χ0) is 13.0. The van der Waals surface area contributed by atoms with Crippen molar-refractivity contribution in [2.45, 2.75) is 44.9 Å². The fourth-order valence-electron chi connectivity index (χ4n) is 1.65. The predicted molar refractivity (Wildman–Crippen MR) is 61.7 cm³/mol. The summed E-state index contributed by atoms with van der Waals surface area (Å²) in [6.45, 7) is 3.24. The Bertz CT molecular complexity index is 289. The van der Waals surface area contributed by atoms with Crippen molar-refractivity contribution in [1.82, 2.24) is 10.6 Å². The molecule has 1 saturated carbocycles. The number of carboxylic acids is 1. The fourth-order valence-corrected chi connectivity index (χ4v) is 1.65. The van der Waals surface area contributed by atoms with Gasteiger partial charge in [-0.05, 0) is 26.7 Å². The van der Waals surface area contributed by atoms with E-state index in [0.29, 0.717) is 0 Å². The van der Waals surface area contributed by atoms with Gasteiger partial charge in [-0.1, -0.05) is 0 Å². The third kappa shape index (κ3) is 3.89. The predicted octanol–water partition coefficient (Wildman–Crippen LogP) is 0.572. The Balaban J connectivity index is 2.23. The van der Waals surface area contributed by atoms with Crippen LogP contribution in [0.1, 0.15) is 26.7 Å². The van der Waals surface area contributed by atoms with Crippen LogP contribution in [0.15, 0.2) is 0 Å². The maximum atomic E-state index is 11.5. The van der Waals surface area contributed by atoms with E-state index in [9.17, 15) is 9.59 Å². The number of nitrogens with one attached hydrogen (secondary N) is 2. The van der Waals surface area contributed by atoms with Crippen molar-refractivity contribution in [2.75, 3.05) is 7.11 Å². The van der Waals surface area contributed by atoms with Crippen LogP contribution in [-0.2, 0) is 9.53 Å². The molecule has 1 rings (SSSR count). The summed E-state index contributed by atoms with van der Waals surface area (Å²) in [7, 11) is 1.65. The molecule has 2 atom stereocenters. The molecule has 2 unspecified atom stereocenters. The Morgan fingerprint density at radius 2 is 1.94 bits per heavy atom. The van der Waals surface area contributed by atoms with E-state index in [-0.39, 0.29) is 18.2 Å². The van der Waals surface area contributed by atoms with Crippen LogP contribution < -0.4 is 10.6 Å². The number of hydrogen-bond donors (Lipinski definition) is 3. The Kier molecular flexibility index (Phi) is 4.74. The molecule has 6 heteroatoms. The average Bonchev–Trinajstić information content (AvgIpc) is 2.21. The molecule has 98 valence electrons. The third-order valence-electron chi connectivity index (χ3n) is 3.26. The van der Waals surface area contributed by atoms with E-state index < -0.39 is 17.9 Å². The smallest absolute Gasteiger partial charge is 0.315 e. The highest BCUT2D eigenvalue weighted by molar-refractivity contribution is 5.76. The minimum absolute atomic E-state index is 0.132. The molecule has 0 saturated heterocycles. The van der Waals surface area contributed by atoms with Gasteiger partial charge in [-0.2, -0.15) is 0 Å². The first-order valence-corrected chi connectivity index (χ1v) is 5.76. The van der Waals surface area contributed by atoms with Crippen molar-refractivity contribution in [3.63, 3.8) is 0 Å². The summed E-state index contributed by atoms with van der Waals surface area (Å²) in [6, 6.07) is -0.580. The number of hydrogen-bond acceptors (Lipinski definition) is 3. The molecule has 0 aromatic heterocycles. The van der Waals surface area contributed by atoms with E-state index in [0.717, 1.165) is 12.8 Å². The molecule has 17 heavy (non-hydrogen) atoms. The molecule has 0 spiro atoms. The molecule has 0 aromatic rings. The Morgan fingerprint density at radius 3 is 2.41 bits per heavy atom. The van der Waals surface area contributed by atoms with Crippen LogP contribution in [0.2, 0.25) is 0 Å². The highest BCUT2D eigenvalue weighted by atomic mass is 16.5. The summed E-state index contributed by atoms with van der Waals surface area (Å²) in [6.07, 6.45) is 1.86. The molecular weight excluding hydrogens is 224 g/mol. The zero-order valence-corrected chi connectivity index (χ0v) is 10.4. The first-order chi connectivity index (χ1) is 7.93. The quantitative estimate of drug-likeness (QED) is 0.660. The van der Waals surface area contributed by atoms with Crippen molar-refractivity contribution in [3.8, 4) is 0 Å². The molecule has 1 aliphatic rings. The van der Waals surface area contributed by atoms with Gasteiger partial charge in [-0.25, -0.2) is 4.79 Å². The van der Waals surface area contributed by atoms with Gasteiger partial charge < -0.3 is 20.5 Å². The number of ether oxygens (including phenoxy) is 1. The van der Waals surface area contributed by atoms with E-state index in [4.69, 9.17) is 9.84 Å². The average molecular weight is 244 g/mol. The maximum Gasteiger partial charge on any atom is 0.315 e. The molecule has 0 bridgehead atoms. The van der Waals surface area contributed by atoms with Gasteiger partial charge in [0.2, 0.25) is 0 Å². The minimum Gasteiger partial charge on any atom is -0.481 e. The molecule has 0 heterocycles. The van der Waals surface area contributed by atoms with Gasteiger partial charge in [-0.3, -0.25) is 4.79 Å². The summed E-state index contributed by atoms with van der Waals surface area (Å²) >= 11 is 0. The van der Waals surface area contributed by atoms with E-state index in [2.05, 4.69) is 10.6 Å². The molecule has 3 N–H and O–H groups in total. The van der Waals surface area contributed by atoms with Crippen LogP contribution in [0.25, 0.3) is 0 Å². The van der Waals surface area contributed by atoms with Crippen molar-refractivity contribution in [3.05, 3.63) is 0 Å². The molecule has 2 amide bonds. The second kappa shape index (κ2) is 5.86. The first kappa shape index (κ1) is 13.8. The third-order valence-corrected chi connectivity index (χ3v) is 3.26. The number of rotatable bonds is 5. The van der Waals surface area contributed by atoms with Crippen molar-refractivity contribution in [1.29, 1.82) is 0 Å². The summed E-state index contributed by atoms with van der Waals surface area (Å²) in [5.74, 6) is -1.52. The largest absolute Gasteiger partial charge is 0.481 e. The van der Waals surface area contributed by atoms with Crippen LogP contribution in [0.4, 0.5) is 4.79 Å². The summed E-state index contributed by atoms with van der Waals surface area (Å²) in [5.41, 5.74) is 0. The SMILES string of the molecule is COC1CC(NC(=O)NC(C)C(C)C(=O)O)C1. The van der Waals surface area contributed by atoms with Crippen LogP contribution in [-0.4, -0.2) is 42.4 Å². The second-order valence-corrected chi connectivity index (χ2v) is 4.56. The van der Waals surface area contributed by atoms with E-state index in [1.165, 1.54) is 0 Å². The molecule has 0 aliphatic heterocycles. The van der Waals surface area contributed by atoms with E-state index >= 15 is 0 Å². The number of carbonyl (C=O) groups excluding carboxylic acids is 1. The van der Waals surface area contributed by atoms with Gasteiger partial charge in [-0.15, -0.1) is 0 Å². The zero-order valence-electron chi connectivity index (χ0n) is 10.4. The first-order valence-electron chi connectivity index (χ1n) is 5.76. The van der Waals surface area contributed by atoms with Gasteiger partial charge in [0.15, 0.2) is 0 Å². The van der Waals surface area contributed by atoms with Crippen molar-refractivity contribution >= 4 is 12.0 Å². The van der Waals surface area contributed by atoms with Gasteiger partial charge in [0.25, 0.3) is 0 Å². The van der Waals surface area contributed by atoms with Gasteiger partial charge in [0.1, 0.15) is 0 Å². The molecule has 1 fully saturated rings. The van der Waals surface area contributed by atoms with E-state index in [1.807, 2.05) is 0 Å². The van der Waals surface area contributed by atoms with Crippen molar-refractivity contribution < 1.29 is 19.4 Å². The lowest BCUT2D eigenvalue weighted by atomic mass is 9.89. The lowest BCUT2D eigenvalue weighted by molar-refractivity contribution is -0.141. The van der Waals surface area contributed by atoms with Crippen molar-refractivity contribution in [2.24, 2.45) is 5.92 Å². The number of urea groups is 1.